The van der Waals surface area contributed by atoms with E-state index in [1.165, 1.54) is 0 Å². The first-order valence-corrected chi connectivity index (χ1v) is 8.57. The highest BCUT2D eigenvalue weighted by Gasteiger charge is 2.32. The number of hydrogen-bond donors (Lipinski definition) is 1. The molecular formula is C19H24ClF3N2O. The van der Waals surface area contributed by atoms with E-state index in [1.807, 2.05) is 36.4 Å². The minimum Gasteiger partial charge on any atom is -0.496 e. The maximum Gasteiger partial charge on any atom is 0.389 e. The van der Waals surface area contributed by atoms with Crippen LogP contribution in [0.15, 0.2) is 36.4 Å². The Morgan fingerprint density at radius 3 is 2.35 bits per heavy atom. The number of alkyl halides is 3. The van der Waals surface area contributed by atoms with Crippen molar-refractivity contribution < 1.29 is 17.9 Å². The van der Waals surface area contributed by atoms with Crippen LogP contribution in [0.4, 0.5) is 13.2 Å². The summed E-state index contributed by atoms with van der Waals surface area (Å²) in [5.74, 6) is 0.745. The highest BCUT2D eigenvalue weighted by Crippen LogP contribution is 2.37. The second-order valence-electron chi connectivity index (χ2n) is 6.36. The van der Waals surface area contributed by atoms with E-state index < -0.39 is 12.6 Å². The van der Waals surface area contributed by atoms with Crippen LogP contribution in [0.5, 0.6) is 5.75 Å². The summed E-state index contributed by atoms with van der Waals surface area (Å²) >= 11 is 0. The van der Waals surface area contributed by atoms with Crippen molar-refractivity contribution in [1.82, 2.24) is 10.2 Å². The molecule has 1 fully saturated rings. The number of nitrogens with one attached hydrogen (secondary N) is 1. The second kappa shape index (κ2) is 8.93. The van der Waals surface area contributed by atoms with Crippen molar-refractivity contribution in [3.8, 4) is 5.75 Å². The van der Waals surface area contributed by atoms with Gasteiger partial charge >= 0.3 is 6.18 Å². The monoisotopic (exact) mass is 388 g/mol. The van der Waals surface area contributed by atoms with E-state index >= 15 is 0 Å². The fourth-order valence-corrected chi connectivity index (χ4v) is 3.59. The highest BCUT2D eigenvalue weighted by molar-refractivity contribution is 5.91. The molecule has 7 heteroatoms. The number of fused-ring (bicyclic) bond motifs is 1. The molecule has 2 aromatic rings. The second-order valence-corrected chi connectivity index (χ2v) is 6.36. The van der Waals surface area contributed by atoms with Gasteiger partial charge in [0.05, 0.1) is 7.11 Å². The number of piperazine rings is 1. The molecule has 0 spiro atoms. The molecule has 0 bridgehead atoms. The third-order valence-electron chi connectivity index (χ3n) is 4.79. The van der Waals surface area contributed by atoms with Gasteiger partial charge in [0.2, 0.25) is 0 Å². The highest BCUT2D eigenvalue weighted by atomic mass is 35.5. The third-order valence-corrected chi connectivity index (χ3v) is 4.79. The molecule has 0 amide bonds. The number of hydrogen-bond acceptors (Lipinski definition) is 3. The smallest absolute Gasteiger partial charge is 0.389 e. The van der Waals surface area contributed by atoms with E-state index in [-0.39, 0.29) is 24.9 Å². The lowest BCUT2D eigenvalue weighted by Crippen LogP contribution is -2.45. The van der Waals surface area contributed by atoms with E-state index in [0.717, 1.165) is 48.3 Å². The quantitative estimate of drug-likeness (QED) is 0.812. The van der Waals surface area contributed by atoms with Crippen LogP contribution in [0.2, 0.25) is 0 Å². The Balaban J connectivity index is 0.00000243. The van der Waals surface area contributed by atoms with Gasteiger partial charge in [0.15, 0.2) is 0 Å². The molecule has 0 unspecified atom stereocenters. The van der Waals surface area contributed by atoms with Crippen molar-refractivity contribution in [1.29, 1.82) is 0 Å². The van der Waals surface area contributed by atoms with Crippen molar-refractivity contribution in [2.75, 3.05) is 33.3 Å². The number of ether oxygens (including phenoxy) is 1. The van der Waals surface area contributed by atoms with E-state index in [0.29, 0.717) is 0 Å². The summed E-state index contributed by atoms with van der Waals surface area (Å²) in [5, 5.41) is 5.17. The van der Waals surface area contributed by atoms with Crippen LogP contribution in [0.25, 0.3) is 10.8 Å². The summed E-state index contributed by atoms with van der Waals surface area (Å²) in [7, 11) is 1.61. The van der Waals surface area contributed by atoms with Crippen LogP contribution in [0.1, 0.15) is 24.4 Å². The number of methoxy groups -OCH3 is 1. The first kappa shape index (κ1) is 20.8. The topological polar surface area (TPSA) is 24.5 Å². The molecule has 1 heterocycles. The molecule has 3 nitrogen and oxygen atoms in total. The fraction of sp³-hybridized carbons (Fsp3) is 0.474. The summed E-state index contributed by atoms with van der Waals surface area (Å²) in [5.41, 5.74) is 0.947. The first-order chi connectivity index (χ1) is 12.0. The maximum absolute atomic E-state index is 12.9. The lowest BCUT2D eigenvalue weighted by atomic mass is 9.93. The Hall–Kier alpha value is -1.50. The standard InChI is InChI=1S/C19H23F3N2O.ClH/c1-25-18-7-6-15(14-4-2-3-5-16(14)18)17(8-9-19(20,21)22)24-12-10-23-11-13-24;/h2-7,17,23H,8-13H2,1H3;1H/t17-;/m0./s1. The van der Waals surface area contributed by atoms with Gasteiger partial charge in [-0.2, -0.15) is 13.2 Å². The van der Waals surface area contributed by atoms with Gasteiger partial charge in [-0.15, -0.1) is 12.4 Å². The minimum absolute atomic E-state index is 0. The van der Waals surface area contributed by atoms with Gasteiger partial charge in [0.1, 0.15) is 5.75 Å². The van der Waals surface area contributed by atoms with Gasteiger partial charge in [-0.25, -0.2) is 0 Å². The van der Waals surface area contributed by atoms with E-state index in [1.54, 1.807) is 7.11 Å². The molecule has 1 atom stereocenters. The largest absolute Gasteiger partial charge is 0.496 e. The minimum atomic E-state index is -4.14. The normalized spacial score (nSPS) is 16.9. The van der Waals surface area contributed by atoms with Gasteiger partial charge in [-0.3, -0.25) is 4.90 Å². The Kier molecular flexibility index (Phi) is 7.15. The van der Waals surface area contributed by atoms with E-state index in [9.17, 15) is 13.2 Å². The Labute approximate surface area is 157 Å². The fourth-order valence-electron chi connectivity index (χ4n) is 3.59. The lowest BCUT2D eigenvalue weighted by molar-refractivity contribution is -0.138. The molecular weight excluding hydrogens is 365 g/mol. The first-order valence-electron chi connectivity index (χ1n) is 8.57. The third kappa shape index (κ3) is 4.81. The molecule has 26 heavy (non-hydrogen) atoms. The zero-order valence-electron chi connectivity index (χ0n) is 14.7. The molecule has 0 aromatic heterocycles. The molecule has 0 saturated carbocycles. The molecule has 2 aromatic carbocycles. The van der Waals surface area contributed by atoms with Crippen molar-refractivity contribution >= 4 is 23.2 Å². The van der Waals surface area contributed by atoms with Crippen LogP contribution in [0.3, 0.4) is 0 Å². The molecule has 0 aliphatic carbocycles. The van der Waals surface area contributed by atoms with Gasteiger partial charge < -0.3 is 10.1 Å². The zero-order chi connectivity index (χ0) is 17.9. The van der Waals surface area contributed by atoms with Crippen molar-refractivity contribution in [3.05, 3.63) is 42.0 Å². The number of nitrogens with zero attached hydrogens (tertiary/aromatic N) is 1. The summed E-state index contributed by atoms with van der Waals surface area (Å²) < 4.78 is 44.1. The van der Waals surface area contributed by atoms with Gasteiger partial charge in [-0.05, 0) is 23.4 Å². The molecule has 1 saturated heterocycles. The molecule has 1 N–H and O–H groups in total. The summed E-state index contributed by atoms with van der Waals surface area (Å²) in [6, 6.07) is 11.3. The average molecular weight is 389 g/mol. The van der Waals surface area contributed by atoms with Crippen LogP contribution in [-0.4, -0.2) is 44.4 Å². The molecule has 3 rings (SSSR count). The number of benzene rings is 2. The molecule has 1 aliphatic heterocycles. The predicted octanol–water partition coefficient (Wildman–Crippen LogP) is 4.56. The molecule has 1 aliphatic rings. The maximum atomic E-state index is 12.9. The van der Waals surface area contributed by atoms with Gasteiger partial charge in [0, 0.05) is 44.0 Å². The summed E-state index contributed by atoms with van der Waals surface area (Å²) in [6.07, 6.45) is -4.85. The van der Waals surface area contributed by atoms with Crippen LogP contribution >= 0.6 is 12.4 Å². The summed E-state index contributed by atoms with van der Waals surface area (Å²) in [6.45, 7) is 3.11. The Morgan fingerprint density at radius 1 is 1.08 bits per heavy atom. The van der Waals surface area contributed by atoms with Crippen LogP contribution in [0, 0.1) is 0 Å². The van der Waals surface area contributed by atoms with E-state index in [2.05, 4.69) is 10.2 Å². The molecule has 144 valence electrons. The predicted molar refractivity (Wildman–Crippen MR) is 100 cm³/mol. The van der Waals surface area contributed by atoms with Crippen molar-refractivity contribution in [2.24, 2.45) is 0 Å². The zero-order valence-corrected chi connectivity index (χ0v) is 15.5. The van der Waals surface area contributed by atoms with E-state index in [4.69, 9.17) is 4.74 Å². The van der Waals surface area contributed by atoms with Crippen molar-refractivity contribution in [3.63, 3.8) is 0 Å². The number of halogens is 4. The SMILES string of the molecule is COc1ccc([C@H](CCC(F)(F)F)N2CCNCC2)c2ccccc12.Cl. The average Bonchev–Trinajstić information content (AvgIpc) is 2.62. The lowest BCUT2D eigenvalue weighted by Gasteiger charge is -2.36. The van der Waals surface area contributed by atoms with Gasteiger partial charge in [0.25, 0.3) is 0 Å². The molecule has 0 radical (unpaired) electrons. The Morgan fingerprint density at radius 2 is 1.73 bits per heavy atom. The van der Waals surface area contributed by atoms with Crippen molar-refractivity contribution in [2.45, 2.75) is 25.1 Å². The van der Waals surface area contributed by atoms with Gasteiger partial charge in [-0.1, -0.05) is 30.3 Å². The van der Waals surface area contributed by atoms with Crippen LogP contribution in [-0.2, 0) is 0 Å². The van der Waals surface area contributed by atoms with Crippen LogP contribution < -0.4 is 10.1 Å². The summed E-state index contributed by atoms with van der Waals surface area (Å²) in [4.78, 5) is 2.16. The Bertz CT molecular complexity index is 717. The number of rotatable bonds is 5.